The molecule has 1 aromatic heterocycles. The summed E-state index contributed by atoms with van der Waals surface area (Å²) >= 11 is 0. The van der Waals surface area contributed by atoms with Gasteiger partial charge in [0, 0.05) is 38.4 Å². The molecule has 6 heteroatoms. The van der Waals surface area contributed by atoms with Crippen LogP contribution in [0.2, 0.25) is 0 Å². The Kier molecular flexibility index (Phi) is 5.71. The monoisotopic (exact) mass is 342 g/mol. The highest BCUT2D eigenvalue weighted by Gasteiger charge is 2.33. The molecule has 2 N–H and O–H groups in total. The number of aromatic nitrogens is 2. The number of amides is 2. The van der Waals surface area contributed by atoms with Crippen LogP contribution in [0.3, 0.4) is 0 Å². The molecule has 1 aromatic carbocycles. The largest absolute Gasteiger partial charge is 0.394 e. The van der Waals surface area contributed by atoms with Crippen molar-refractivity contribution in [1.82, 2.24) is 19.8 Å². The van der Waals surface area contributed by atoms with Crippen molar-refractivity contribution in [2.24, 2.45) is 5.92 Å². The van der Waals surface area contributed by atoms with Crippen LogP contribution in [0, 0.1) is 5.92 Å². The smallest absolute Gasteiger partial charge is 0.317 e. The highest BCUT2D eigenvalue weighted by molar-refractivity contribution is 5.74. The predicted octanol–water partition coefficient (Wildman–Crippen LogP) is 1.89. The van der Waals surface area contributed by atoms with Gasteiger partial charge >= 0.3 is 6.03 Å². The van der Waals surface area contributed by atoms with E-state index in [0.717, 1.165) is 18.8 Å². The first-order valence-corrected chi connectivity index (χ1v) is 8.88. The third-order valence-electron chi connectivity index (χ3n) is 4.95. The number of carbonyl (C=O) groups is 1. The van der Waals surface area contributed by atoms with Crippen molar-refractivity contribution in [3.8, 4) is 0 Å². The Morgan fingerprint density at radius 3 is 2.92 bits per heavy atom. The van der Waals surface area contributed by atoms with Crippen LogP contribution in [0.4, 0.5) is 4.79 Å². The molecule has 134 valence electrons. The first kappa shape index (κ1) is 17.5. The van der Waals surface area contributed by atoms with Crippen LogP contribution in [0.1, 0.15) is 24.7 Å². The lowest BCUT2D eigenvalue weighted by Crippen LogP contribution is -2.46. The van der Waals surface area contributed by atoms with Gasteiger partial charge in [-0.25, -0.2) is 9.78 Å². The van der Waals surface area contributed by atoms with Gasteiger partial charge in [-0.1, -0.05) is 37.3 Å². The zero-order chi connectivity index (χ0) is 17.6. The van der Waals surface area contributed by atoms with E-state index in [1.54, 1.807) is 11.1 Å². The number of nitrogens with one attached hydrogen (secondary N) is 1. The van der Waals surface area contributed by atoms with E-state index >= 15 is 0 Å². The predicted molar refractivity (Wildman–Crippen MR) is 96.2 cm³/mol. The number of benzene rings is 1. The van der Waals surface area contributed by atoms with Crippen LogP contribution in [-0.2, 0) is 13.0 Å². The molecule has 0 radical (unpaired) electrons. The molecule has 0 aliphatic carbocycles. The van der Waals surface area contributed by atoms with Crippen LogP contribution in [0.5, 0.6) is 0 Å². The van der Waals surface area contributed by atoms with E-state index in [1.165, 1.54) is 5.56 Å². The van der Waals surface area contributed by atoms with E-state index in [1.807, 2.05) is 24.4 Å². The SMILES string of the molecule is C[C@@H]1CCN(C(=O)NCCc2nccn2Cc2ccccc2)[C@@H]1CO. The van der Waals surface area contributed by atoms with Crippen LogP contribution in [-0.4, -0.2) is 51.3 Å². The Hall–Kier alpha value is -2.34. The number of rotatable bonds is 6. The van der Waals surface area contributed by atoms with E-state index in [2.05, 4.69) is 33.9 Å². The minimum absolute atomic E-state index is 0.0239. The van der Waals surface area contributed by atoms with Crippen LogP contribution >= 0.6 is 0 Å². The van der Waals surface area contributed by atoms with Gasteiger partial charge in [-0.2, -0.15) is 0 Å². The lowest BCUT2D eigenvalue weighted by Gasteiger charge is -2.25. The van der Waals surface area contributed by atoms with Gasteiger partial charge in [0.2, 0.25) is 0 Å². The second-order valence-electron chi connectivity index (χ2n) is 6.65. The third-order valence-corrected chi connectivity index (χ3v) is 4.95. The maximum Gasteiger partial charge on any atom is 0.317 e. The van der Waals surface area contributed by atoms with Crippen molar-refractivity contribution in [2.45, 2.75) is 32.4 Å². The highest BCUT2D eigenvalue weighted by Crippen LogP contribution is 2.23. The molecule has 2 atom stereocenters. The second kappa shape index (κ2) is 8.16. The van der Waals surface area contributed by atoms with E-state index in [9.17, 15) is 9.90 Å². The topological polar surface area (TPSA) is 70.4 Å². The van der Waals surface area contributed by atoms with Crippen molar-refractivity contribution >= 4 is 6.03 Å². The molecule has 25 heavy (non-hydrogen) atoms. The third kappa shape index (κ3) is 4.20. The summed E-state index contributed by atoms with van der Waals surface area (Å²) in [4.78, 5) is 18.5. The van der Waals surface area contributed by atoms with Gasteiger partial charge in [-0.3, -0.25) is 0 Å². The number of imidazole rings is 1. The summed E-state index contributed by atoms with van der Waals surface area (Å²) in [6.45, 7) is 4.12. The minimum atomic E-state index is -0.0930. The lowest BCUT2D eigenvalue weighted by atomic mass is 10.0. The molecule has 0 unspecified atom stereocenters. The van der Waals surface area contributed by atoms with Crippen molar-refractivity contribution < 1.29 is 9.90 Å². The van der Waals surface area contributed by atoms with E-state index in [4.69, 9.17) is 0 Å². The van der Waals surface area contributed by atoms with Crippen LogP contribution < -0.4 is 5.32 Å². The molecule has 0 bridgehead atoms. The van der Waals surface area contributed by atoms with Gasteiger partial charge in [0.05, 0.1) is 12.6 Å². The van der Waals surface area contributed by atoms with Gasteiger partial charge < -0.3 is 19.9 Å². The fourth-order valence-corrected chi connectivity index (χ4v) is 3.41. The van der Waals surface area contributed by atoms with Crippen molar-refractivity contribution in [3.05, 3.63) is 54.1 Å². The molecule has 0 spiro atoms. The van der Waals surface area contributed by atoms with E-state index < -0.39 is 0 Å². The Balaban J connectivity index is 1.51. The Labute approximate surface area is 148 Å². The molecule has 2 amide bonds. The summed E-state index contributed by atoms with van der Waals surface area (Å²) in [5.41, 5.74) is 1.22. The molecule has 1 fully saturated rings. The molecule has 3 rings (SSSR count). The summed E-state index contributed by atoms with van der Waals surface area (Å²) in [5.74, 6) is 1.30. The number of likely N-dealkylation sites (tertiary alicyclic amines) is 1. The molecule has 1 aliphatic heterocycles. The quantitative estimate of drug-likeness (QED) is 0.842. The Morgan fingerprint density at radius 2 is 2.16 bits per heavy atom. The van der Waals surface area contributed by atoms with Gasteiger partial charge in [-0.15, -0.1) is 0 Å². The summed E-state index contributed by atoms with van der Waals surface area (Å²) in [5, 5.41) is 12.4. The molecular weight excluding hydrogens is 316 g/mol. The first-order chi connectivity index (χ1) is 12.2. The number of urea groups is 1. The zero-order valence-corrected chi connectivity index (χ0v) is 14.6. The van der Waals surface area contributed by atoms with Gasteiger partial charge in [0.15, 0.2) is 0 Å². The molecular formula is C19H26N4O2. The van der Waals surface area contributed by atoms with Gasteiger partial charge in [0.1, 0.15) is 5.82 Å². The number of carbonyl (C=O) groups excluding carboxylic acids is 1. The maximum atomic E-state index is 12.3. The average molecular weight is 342 g/mol. The molecule has 2 heterocycles. The Bertz CT molecular complexity index is 686. The minimum Gasteiger partial charge on any atom is -0.394 e. The fourth-order valence-electron chi connectivity index (χ4n) is 3.41. The number of aliphatic hydroxyl groups is 1. The average Bonchev–Trinajstić information content (AvgIpc) is 3.22. The van der Waals surface area contributed by atoms with Crippen molar-refractivity contribution in [3.63, 3.8) is 0 Å². The molecule has 2 aromatic rings. The molecule has 0 saturated carbocycles. The Morgan fingerprint density at radius 1 is 1.36 bits per heavy atom. The summed E-state index contributed by atoms with van der Waals surface area (Å²) in [7, 11) is 0. The zero-order valence-electron chi connectivity index (χ0n) is 14.6. The first-order valence-electron chi connectivity index (χ1n) is 8.88. The van der Waals surface area contributed by atoms with Crippen molar-refractivity contribution in [2.75, 3.05) is 19.7 Å². The fraction of sp³-hybridized carbons (Fsp3) is 0.474. The van der Waals surface area contributed by atoms with Crippen LogP contribution in [0.25, 0.3) is 0 Å². The summed E-state index contributed by atoms with van der Waals surface area (Å²) in [6.07, 6.45) is 5.39. The summed E-state index contributed by atoms with van der Waals surface area (Å²) < 4.78 is 2.11. The van der Waals surface area contributed by atoms with E-state index in [-0.39, 0.29) is 18.7 Å². The standard InChI is InChI=1S/C19H26N4O2/c1-15-8-11-23(17(15)14-24)19(25)21-9-7-18-20-10-12-22(18)13-16-5-3-2-4-6-16/h2-6,10,12,15,17,24H,7-9,11,13-14H2,1H3,(H,21,25)/t15-,17-/m1/s1. The number of hydrogen-bond acceptors (Lipinski definition) is 3. The number of nitrogens with zero attached hydrogens (tertiary/aromatic N) is 3. The normalized spacial score (nSPS) is 20.0. The van der Waals surface area contributed by atoms with Gasteiger partial charge in [0.25, 0.3) is 0 Å². The van der Waals surface area contributed by atoms with Crippen LogP contribution in [0.15, 0.2) is 42.7 Å². The maximum absolute atomic E-state index is 12.3. The number of aliphatic hydroxyl groups excluding tert-OH is 1. The van der Waals surface area contributed by atoms with Gasteiger partial charge in [-0.05, 0) is 17.9 Å². The molecule has 1 aliphatic rings. The second-order valence-corrected chi connectivity index (χ2v) is 6.65. The van der Waals surface area contributed by atoms with E-state index in [0.29, 0.717) is 25.4 Å². The highest BCUT2D eigenvalue weighted by atomic mass is 16.3. The molecule has 1 saturated heterocycles. The summed E-state index contributed by atoms with van der Waals surface area (Å²) in [6, 6.07) is 10.1. The lowest BCUT2D eigenvalue weighted by molar-refractivity contribution is 0.144. The van der Waals surface area contributed by atoms with Crippen molar-refractivity contribution in [1.29, 1.82) is 0 Å². The number of hydrogen-bond donors (Lipinski definition) is 2. The molecule has 6 nitrogen and oxygen atoms in total.